The summed E-state index contributed by atoms with van der Waals surface area (Å²) in [5.41, 5.74) is 4.68. The van der Waals surface area contributed by atoms with Crippen LogP contribution >= 0.6 is 23.2 Å². The smallest absolute Gasteiger partial charge is 0.283 e. The molecule has 1 saturated carbocycles. The molecular weight excluding hydrogens is 411 g/mol. The minimum Gasteiger partial charge on any atom is -0.462 e. The van der Waals surface area contributed by atoms with Crippen LogP contribution in [0.5, 0.6) is 0 Å². The van der Waals surface area contributed by atoms with Gasteiger partial charge in [0.05, 0.1) is 5.02 Å². The number of Topliss-reactive ketones (excluding diaryl/α,β-unsaturated/α-hetero) is 1. The number of ketones is 1. The Labute approximate surface area is 169 Å². The first kappa shape index (κ1) is 19.1. The Morgan fingerprint density at radius 2 is 2.11 bits per heavy atom. The molecule has 1 aromatic heterocycles. The zero-order valence-corrected chi connectivity index (χ0v) is 15.9. The third-order valence-electron chi connectivity index (χ3n) is 5.04. The molecule has 2 N–H and O–H groups in total. The number of nitrogens with zero attached hydrogens (tertiary/aromatic N) is 2. The largest absolute Gasteiger partial charge is 0.462 e. The highest BCUT2D eigenvalue weighted by molar-refractivity contribution is 6.31. The van der Waals surface area contributed by atoms with Crippen LogP contribution in [-0.2, 0) is 16.7 Å². The normalized spacial score (nSPS) is 25.7. The van der Waals surface area contributed by atoms with E-state index < -0.39 is 24.0 Å². The highest BCUT2D eigenvalue weighted by atomic mass is 35.5. The average Bonchev–Trinajstić information content (AvgIpc) is 3.42. The lowest BCUT2D eigenvalue weighted by atomic mass is 9.83. The molecule has 9 heteroatoms. The number of ether oxygens (including phenoxy) is 1. The third kappa shape index (κ3) is 3.22. The van der Waals surface area contributed by atoms with Gasteiger partial charge in [0.2, 0.25) is 0 Å². The van der Waals surface area contributed by atoms with Gasteiger partial charge in [0, 0.05) is 29.1 Å². The number of hydrogen-bond donors (Lipinski definition) is 1. The van der Waals surface area contributed by atoms with E-state index in [0.717, 1.165) is 0 Å². The van der Waals surface area contributed by atoms with E-state index in [2.05, 4.69) is 9.98 Å². The summed E-state index contributed by atoms with van der Waals surface area (Å²) >= 11 is 12.1. The Morgan fingerprint density at radius 3 is 2.79 bits per heavy atom. The van der Waals surface area contributed by atoms with Gasteiger partial charge in [0.25, 0.3) is 12.4 Å². The van der Waals surface area contributed by atoms with Crippen molar-refractivity contribution in [2.75, 3.05) is 0 Å². The average molecular weight is 426 g/mol. The number of fused-ring (bicyclic) bond motifs is 1. The first-order chi connectivity index (χ1) is 13.3. The van der Waals surface area contributed by atoms with E-state index in [1.165, 1.54) is 24.4 Å². The number of aliphatic imine (C=N–C) groups is 1. The SMILES string of the molecule is NC1=N[C@@](c2cc(CC(=O)c3ccc(Cl)cn3)ccc2Cl)(C(F)F)[C@H]2C[C@H]2O1. The van der Waals surface area contributed by atoms with Crippen molar-refractivity contribution in [3.63, 3.8) is 0 Å². The highest BCUT2D eigenvalue weighted by Crippen LogP contribution is 2.56. The molecule has 0 spiro atoms. The van der Waals surface area contributed by atoms with Gasteiger partial charge in [-0.1, -0.05) is 35.3 Å². The topological polar surface area (TPSA) is 77.6 Å². The van der Waals surface area contributed by atoms with E-state index in [4.69, 9.17) is 33.7 Å². The summed E-state index contributed by atoms with van der Waals surface area (Å²) in [5.74, 6) is -0.781. The van der Waals surface area contributed by atoms with E-state index in [-0.39, 0.29) is 34.5 Å². The number of pyridine rings is 1. The van der Waals surface area contributed by atoms with E-state index in [0.29, 0.717) is 17.0 Å². The lowest BCUT2D eigenvalue weighted by Gasteiger charge is -2.33. The number of nitrogens with two attached hydrogens (primary N) is 1. The molecule has 1 aliphatic heterocycles. The summed E-state index contributed by atoms with van der Waals surface area (Å²) in [5, 5.41) is 0.559. The minimum atomic E-state index is -2.83. The van der Waals surface area contributed by atoms with Gasteiger partial charge in [-0.15, -0.1) is 0 Å². The van der Waals surface area contributed by atoms with Crippen LogP contribution in [-0.4, -0.2) is 29.3 Å². The molecule has 1 aromatic carbocycles. The van der Waals surface area contributed by atoms with Gasteiger partial charge >= 0.3 is 0 Å². The number of amidine groups is 1. The lowest BCUT2D eigenvalue weighted by Crippen LogP contribution is -2.43. The highest BCUT2D eigenvalue weighted by Gasteiger charge is 2.64. The Kier molecular flexibility index (Phi) is 4.75. The molecular formula is C19H15Cl2F2N3O2. The van der Waals surface area contributed by atoms with Crippen molar-refractivity contribution in [1.82, 2.24) is 4.98 Å². The van der Waals surface area contributed by atoms with Crippen molar-refractivity contribution in [3.05, 3.63) is 63.4 Å². The Bertz CT molecular complexity index is 968. The third-order valence-corrected chi connectivity index (χ3v) is 5.59. The molecule has 28 heavy (non-hydrogen) atoms. The second-order valence-electron chi connectivity index (χ2n) is 6.85. The second-order valence-corrected chi connectivity index (χ2v) is 7.69. The summed E-state index contributed by atoms with van der Waals surface area (Å²) in [7, 11) is 0. The predicted octanol–water partition coefficient (Wildman–Crippen LogP) is 4.01. The summed E-state index contributed by atoms with van der Waals surface area (Å²) < 4.78 is 33.7. The number of carbonyl (C=O) groups excluding carboxylic acids is 1. The maximum absolute atomic E-state index is 14.2. The second kappa shape index (κ2) is 6.97. The van der Waals surface area contributed by atoms with Crippen molar-refractivity contribution in [2.24, 2.45) is 16.6 Å². The maximum atomic E-state index is 14.2. The van der Waals surface area contributed by atoms with Gasteiger partial charge in [-0.25, -0.2) is 13.8 Å². The quantitative estimate of drug-likeness (QED) is 0.734. The van der Waals surface area contributed by atoms with Crippen LogP contribution in [0.15, 0.2) is 41.5 Å². The van der Waals surface area contributed by atoms with E-state index in [9.17, 15) is 13.6 Å². The molecule has 4 rings (SSSR count). The maximum Gasteiger partial charge on any atom is 0.283 e. The van der Waals surface area contributed by atoms with Crippen LogP contribution in [0.2, 0.25) is 10.0 Å². The molecule has 2 aromatic rings. The Morgan fingerprint density at radius 1 is 1.32 bits per heavy atom. The van der Waals surface area contributed by atoms with E-state index in [1.807, 2.05) is 0 Å². The minimum absolute atomic E-state index is 0.0259. The van der Waals surface area contributed by atoms with Crippen LogP contribution in [0.1, 0.15) is 28.0 Å². The molecule has 5 nitrogen and oxygen atoms in total. The number of aromatic nitrogens is 1. The number of hydrogen-bond acceptors (Lipinski definition) is 5. The molecule has 0 unspecified atom stereocenters. The molecule has 0 radical (unpaired) electrons. The summed E-state index contributed by atoms with van der Waals surface area (Å²) in [6.45, 7) is 0. The first-order valence-electron chi connectivity index (χ1n) is 8.55. The zero-order valence-electron chi connectivity index (χ0n) is 14.4. The monoisotopic (exact) mass is 425 g/mol. The number of carbonyl (C=O) groups is 1. The van der Waals surface area contributed by atoms with Crippen molar-refractivity contribution in [2.45, 2.75) is 30.9 Å². The predicted molar refractivity (Wildman–Crippen MR) is 101 cm³/mol. The van der Waals surface area contributed by atoms with Crippen LogP contribution in [0.25, 0.3) is 0 Å². The molecule has 1 aliphatic carbocycles. The fourth-order valence-electron chi connectivity index (χ4n) is 3.61. The molecule has 2 heterocycles. The molecule has 0 amide bonds. The van der Waals surface area contributed by atoms with Crippen LogP contribution in [0.3, 0.4) is 0 Å². The van der Waals surface area contributed by atoms with Crippen LogP contribution < -0.4 is 5.73 Å². The van der Waals surface area contributed by atoms with Crippen LogP contribution in [0.4, 0.5) is 8.78 Å². The van der Waals surface area contributed by atoms with Crippen molar-refractivity contribution >= 4 is 35.0 Å². The van der Waals surface area contributed by atoms with E-state index in [1.54, 1.807) is 12.1 Å². The molecule has 1 fully saturated rings. The number of halogens is 4. The fourth-order valence-corrected chi connectivity index (χ4v) is 3.99. The van der Waals surface area contributed by atoms with Gasteiger partial charge in [0.1, 0.15) is 11.8 Å². The van der Waals surface area contributed by atoms with Gasteiger partial charge in [0.15, 0.2) is 11.3 Å². The number of benzene rings is 1. The zero-order chi connectivity index (χ0) is 20.1. The van der Waals surface area contributed by atoms with Gasteiger partial charge in [-0.3, -0.25) is 9.78 Å². The van der Waals surface area contributed by atoms with Gasteiger partial charge < -0.3 is 10.5 Å². The standard InChI is InChI=1S/C19H15Cl2F2N3O2/c20-10-2-4-14(25-8-10)15(27)6-9-1-3-13(21)11(5-9)19(17(22)23)12-7-16(12)28-18(24)26-19/h1-5,8,12,16-17H,6-7H2,(H2,24,26)/t12-,16+,19+/m0/s1. The van der Waals surface area contributed by atoms with Crippen molar-refractivity contribution in [3.8, 4) is 0 Å². The number of rotatable bonds is 5. The Balaban J connectivity index is 1.70. The Hall–Kier alpha value is -2.25. The van der Waals surface area contributed by atoms with Crippen molar-refractivity contribution in [1.29, 1.82) is 0 Å². The summed E-state index contributed by atoms with van der Waals surface area (Å²) in [4.78, 5) is 20.5. The van der Waals surface area contributed by atoms with E-state index >= 15 is 0 Å². The summed E-state index contributed by atoms with van der Waals surface area (Å²) in [6.07, 6.45) is -1.46. The molecule has 2 aliphatic rings. The first-order valence-corrected chi connectivity index (χ1v) is 9.30. The molecule has 0 saturated heterocycles. The lowest BCUT2D eigenvalue weighted by molar-refractivity contribution is 0.0196. The van der Waals surface area contributed by atoms with Gasteiger partial charge in [-0.05, 0) is 30.2 Å². The van der Waals surface area contributed by atoms with Crippen LogP contribution in [0, 0.1) is 5.92 Å². The fraction of sp³-hybridized carbons (Fsp3) is 0.316. The van der Waals surface area contributed by atoms with Gasteiger partial charge in [-0.2, -0.15) is 0 Å². The summed E-state index contributed by atoms with van der Waals surface area (Å²) in [6, 6.07) is 7.42. The molecule has 3 atom stereocenters. The molecule has 146 valence electrons. The number of alkyl halides is 2. The molecule has 0 bridgehead atoms. The van der Waals surface area contributed by atoms with Crippen molar-refractivity contribution < 1.29 is 18.3 Å².